The van der Waals surface area contributed by atoms with E-state index in [1.807, 2.05) is 19.1 Å². The van der Waals surface area contributed by atoms with E-state index in [0.29, 0.717) is 5.92 Å². The lowest BCUT2D eigenvalue weighted by Crippen LogP contribution is -2.38. The highest BCUT2D eigenvalue weighted by Gasteiger charge is 2.32. The van der Waals surface area contributed by atoms with Gasteiger partial charge < -0.3 is 10.6 Å². The largest absolute Gasteiger partial charge is 0.416 e. The highest BCUT2D eigenvalue weighted by atomic mass is 35.5. The second-order valence-electron chi connectivity index (χ2n) is 8.39. The molecule has 9 heteroatoms. The van der Waals surface area contributed by atoms with Crippen molar-refractivity contribution >= 4 is 34.2 Å². The number of benzene rings is 2. The molecule has 0 radical (unpaired) electrons. The number of aryl methyl sites for hydroxylation is 1. The first kappa shape index (κ1) is 22.5. The lowest BCUT2D eigenvalue weighted by atomic mass is 9.86. The first-order chi connectivity index (χ1) is 15.2. The molecule has 5 nitrogen and oxygen atoms in total. The van der Waals surface area contributed by atoms with Gasteiger partial charge in [-0.15, -0.1) is 0 Å². The van der Waals surface area contributed by atoms with Gasteiger partial charge in [0.2, 0.25) is 0 Å². The monoisotopic (exact) mass is 464 g/mol. The third-order valence-electron chi connectivity index (χ3n) is 6.00. The normalized spacial score (nSPS) is 19.2. The van der Waals surface area contributed by atoms with Gasteiger partial charge in [-0.2, -0.15) is 18.3 Å². The Balaban J connectivity index is 1.30. The van der Waals surface area contributed by atoms with Gasteiger partial charge in [-0.05, 0) is 68.9 Å². The number of nitrogens with zero attached hydrogens (tertiary/aromatic N) is 1. The summed E-state index contributed by atoms with van der Waals surface area (Å²) < 4.78 is 38.9. The Morgan fingerprint density at radius 1 is 1.16 bits per heavy atom. The van der Waals surface area contributed by atoms with E-state index in [2.05, 4.69) is 26.9 Å². The van der Waals surface area contributed by atoms with Gasteiger partial charge in [-0.3, -0.25) is 9.89 Å². The number of alkyl halides is 3. The van der Waals surface area contributed by atoms with Gasteiger partial charge in [0, 0.05) is 18.0 Å². The molecule has 0 spiro atoms. The summed E-state index contributed by atoms with van der Waals surface area (Å²) in [5, 5.41) is 14.7. The van der Waals surface area contributed by atoms with E-state index >= 15 is 0 Å². The molecule has 1 aromatic heterocycles. The molecule has 2 aromatic carbocycles. The zero-order valence-corrected chi connectivity index (χ0v) is 18.3. The van der Waals surface area contributed by atoms with Crippen LogP contribution >= 0.6 is 11.6 Å². The number of hydrogen-bond acceptors (Lipinski definition) is 3. The van der Waals surface area contributed by atoms with Crippen LogP contribution in [0.5, 0.6) is 0 Å². The molecule has 0 bridgehead atoms. The van der Waals surface area contributed by atoms with Crippen molar-refractivity contribution in [3.8, 4) is 0 Å². The average Bonchev–Trinajstić information content (AvgIpc) is 3.14. The Kier molecular flexibility index (Phi) is 6.33. The van der Waals surface area contributed by atoms with Gasteiger partial charge in [0.15, 0.2) is 5.82 Å². The van der Waals surface area contributed by atoms with Crippen molar-refractivity contribution in [2.75, 3.05) is 11.9 Å². The smallest absolute Gasteiger partial charge is 0.368 e. The lowest BCUT2D eigenvalue weighted by Gasteiger charge is -2.29. The number of aromatic nitrogens is 2. The van der Waals surface area contributed by atoms with Gasteiger partial charge in [-0.25, -0.2) is 0 Å². The minimum atomic E-state index is -4.52. The van der Waals surface area contributed by atoms with Gasteiger partial charge in [-0.1, -0.05) is 23.2 Å². The summed E-state index contributed by atoms with van der Waals surface area (Å²) in [6.45, 7) is 2.81. The number of hydrogen-bond donors (Lipinski definition) is 3. The maximum atomic E-state index is 13.0. The molecule has 4 rings (SSSR count). The van der Waals surface area contributed by atoms with Crippen LogP contribution in [0, 0.1) is 12.8 Å². The van der Waals surface area contributed by atoms with Crippen LogP contribution in [0.1, 0.15) is 47.2 Å². The van der Waals surface area contributed by atoms with E-state index in [4.69, 9.17) is 11.6 Å². The first-order valence-electron chi connectivity index (χ1n) is 10.6. The Morgan fingerprint density at radius 2 is 1.91 bits per heavy atom. The topological polar surface area (TPSA) is 69.8 Å². The van der Waals surface area contributed by atoms with Crippen LogP contribution in [-0.2, 0) is 6.18 Å². The molecule has 1 aliphatic carbocycles. The summed E-state index contributed by atoms with van der Waals surface area (Å²) in [4.78, 5) is 12.5. The van der Waals surface area contributed by atoms with Crippen LogP contribution in [0.4, 0.5) is 19.0 Å². The summed E-state index contributed by atoms with van der Waals surface area (Å²) in [7, 11) is 0. The number of halogens is 4. The molecular weight excluding hydrogens is 441 g/mol. The Hall–Kier alpha value is -2.74. The van der Waals surface area contributed by atoms with Crippen molar-refractivity contribution < 1.29 is 18.0 Å². The van der Waals surface area contributed by atoms with E-state index in [1.165, 1.54) is 5.56 Å². The second-order valence-corrected chi connectivity index (χ2v) is 8.79. The van der Waals surface area contributed by atoms with Crippen LogP contribution < -0.4 is 10.6 Å². The molecule has 1 saturated carbocycles. The van der Waals surface area contributed by atoms with Crippen molar-refractivity contribution in [2.24, 2.45) is 5.92 Å². The van der Waals surface area contributed by atoms with Crippen LogP contribution in [0.25, 0.3) is 10.9 Å². The van der Waals surface area contributed by atoms with Crippen molar-refractivity contribution in [1.82, 2.24) is 15.5 Å². The summed E-state index contributed by atoms with van der Waals surface area (Å²) in [6, 6.07) is 8.84. The number of carbonyl (C=O) groups is 1. The molecule has 1 aliphatic rings. The van der Waals surface area contributed by atoms with Crippen molar-refractivity contribution in [2.45, 2.75) is 44.8 Å². The Labute approximate surface area is 188 Å². The minimum absolute atomic E-state index is 0.00912. The van der Waals surface area contributed by atoms with Crippen LogP contribution in [0.15, 0.2) is 36.4 Å². The number of fused-ring (bicyclic) bond motifs is 1. The summed E-state index contributed by atoms with van der Waals surface area (Å²) in [6.07, 6.45) is -1.21. The van der Waals surface area contributed by atoms with Gasteiger partial charge in [0.25, 0.3) is 5.91 Å². The zero-order valence-electron chi connectivity index (χ0n) is 17.5. The van der Waals surface area contributed by atoms with Crippen LogP contribution in [0.2, 0.25) is 5.02 Å². The number of H-pyrrole nitrogens is 1. The number of anilines is 1. The SMILES string of the molecule is Cc1ccc2[nH]nc(NC[C@H]3CC[C@H](NC(=O)c4cc(C(F)(F)F)ccc4Cl)CC3)c2c1. The summed E-state index contributed by atoms with van der Waals surface area (Å²) in [5.41, 5.74) is 1.12. The van der Waals surface area contributed by atoms with Crippen molar-refractivity contribution in [1.29, 1.82) is 0 Å². The molecule has 1 fully saturated rings. The Bertz CT molecular complexity index is 1120. The molecule has 3 N–H and O–H groups in total. The Morgan fingerprint density at radius 3 is 2.62 bits per heavy atom. The fourth-order valence-electron chi connectivity index (χ4n) is 4.15. The quantitative estimate of drug-likeness (QED) is 0.437. The number of nitrogens with one attached hydrogen (secondary N) is 3. The highest BCUT2D eigenvalue weighted by molar-refractivity contribution is 6.33. The van der Waals surface area contributed by atoms with Crippen LogP contribution in [-0.4, -0.2) is 28.7 Å². The molecule has 0 saturated heterocycles. The van der Waals surface area contributed by atoms with Crippen LogP contribution in [0.3, 0.4) is 0 Å². The van der Waals surface area contributed by atoms with E-state index in [0.717, 1.165) is 67.1 Å². The summed E-state index contributed by atoms with van der Waals surface area (Å²) in [5.74, 6) is 0.691. The molecule has 0 atom stereocenters. The number of rotatable bonds is 5. The lowest BCUT2D eigenvalue weighted by molar-refractivity contribution is -0.137. The van der Waals surface area contributed by atoms with Crippen molar-refractivity contribution in [3.05, 3.63) is 58.1 Å². The maximum absolute atomic E-state index is 13.0. The maximum Gasteiger partial charge on any atom is 0.416 e. The molecular formula is C23H24ClF3N4O. The number of aromatic amines is 1. The van der Waals surface area contributed by atoms with E-state index in [-0.39, 0.29) is 16.6 Å². The third-order valence-corrected chi connectivity index (χ3v) is 6.33. The highest BCUT2D eigenvalue weighted by Crippen LogP contribution is 2.32. The molecule has 170 valence electrons. The fraction of sp³-hybridized carbons (Fsp3) is 0.391. The minimum Gasteiger partial charge on any atom is -0.368 e. The first-order valence-corrected chi connectivity index (χ1v) is 10.9. The molecule has 3 aromatic rings. The molecule has 1 heterocycles. The predicted octanol–water partition coefficient (Wildman–Crippen LogP) is 5.94. The average molecular weight is 465 g/mol. The number of amides is 1. The third kappa shape index (κ3) is 5.01. The zero-order chi connectivity index (χ0) is 22.9. The van der Waals surface area contributed by atoms with Gasteiger partial charge in [0.05, 0.1) is 21.7 Å². The molecule has 1 amide bonds. The van der Waals surface area contributed by atoms with E-state index < -0.39 is 17.6 Å². The predicted molar refractivity (Wildman–Crippen MR) is 119 cm³/mol. The van der Waals surface area contributed by atoms with Gasteiger partial charge in [0.1, 0.15) is 0 Å². The fourth-order valence-corrected chi connectivity index (χ4v) is 4.36. The molecule has 0 unspecified atom stereocenters. The molecule has 0 aliphatic heterocycles. The van der Waals surface area contributed by atoms with Crippen molar-refractivity contribution in [3.63, 3.8) is 0 Å². The van der Waals surface area contributed by atoms with E-state index in [9.17, 15) is 18.0 Å². The standard InChI is InChI=1S/C23H24ClF3N4O/c1-13-2-9-20-18(10-13)21(31-30-20)28-12-14-3-6-16(7-4-14)29-22(32)17-11-15(23(25,26)27)5-8-19(17)24/h2,5,8-11,14,16H,3-4,6-7,12H2,1H3,(H,29,32)(H2,28,30,31)/t14-,16-. The van der Waals surface area contributed by atoms with E-state index in [1.54, 1.807) is 0 Å². The number of carbonyl (C=O) groups excluding carboxylic acids is 1. The summed E-state index contributed by atoms with van der Waals surface area (Å²) >= 11 is 5.98. The van der Waals surface area contributed by atoms with Gasteiger partial charge >= 0.3 is 6.18 Å². The molecule has 32 heavy (non-hydrogen) atoms. The second kappa shape index (κ2) is 9.02.